The van der Waals surface area contributed by atoms with Crippen LogP contribution in [0.2, 0.25) is 0 Å². The van der Waals surface area contributed by atoms with Crippen LogP contribution < -0.4 is 0 Å². The molecule has 0 aromatic carbocycles. The molecule has 1 heterocycles. The lowest BCUT2D eigenvalue weighted by Crippen LogP contribution is -2.36. The van der Waals surface area contributed by atoms with Crippen LogP contribution in [0.3, 0.4) is 0 Å². The van der Waals surface area contributed by atoms with Crippen molar-refractivity contribution in [3.63, 3.8) is 0 Å². The molecule has 2 nitrogen and oxygen atoms in total. The minimum Gasteiger partial charge on any atom is -0.240 e. The van der Waals surface area contributed by atoms with E-state index in [-0.39, 0.29) is 18.7 Å². The van der Waals surface area contributed by atoms with Crippen LogP contribution in [0.5, 0.6) is 0 Å². The van der Waals surface area contributed by atoms with Gasteiger partial charge in [-0.15, -0.1) is 0 Å². The van der Waals surface area contributed by atoms with E-state index < -0.39 is 11.6 Å². The van der Waals surface area contributed by atoms with E-state index >= 15 is 0 Å². The maximum atomic E-state index is 13.2. The molecule has 1 spiro atoms. The van der Waals surface area contributed by atoms with Crippen LogP contribution >= 0.6 is 0 Å². The molecule has 0 radical (unpaired) electrons. The third-order valence-corrected chi connectivity index (χ3v) is 6.04. The van der Waals surface area contributed by atoms with Crippen molar-refractivity contribution in [2.45, 2.75) is 69.4 Å². The highest BCUT2D eigenvalue weighted by Crippen LogP contribution is 2.58. The first-order valence-electron chi connectivity index (χ1n) is 8.32. The van der Waals surface area contributed by atoms with Gasteiger partial charge in [0, 0.05) is 11.9 Å². The van der Waals surface area contributed by atoms with Gasteiger partial charge in [-0.25, -0.2) is 9.97 Å². The van der Waals surface area contributed by atoms with Gasteiger partial charge in [0.15, 0.2) is 0 Å². The molecular formula is C17H21F3N2. The lowest BCUT2D eigenvalue weighted by Gasteiger charge is -2.45. The summed E-state index contributed by atoms with van der Waals surface area (Å²) in [5, 5.41) is 0. The third kappa shape index (κ3) is 2.24. The van der Waals surface area contributed by atoms with Crippen molar-refractivity contribution in [2.24, 2.45) is 11.3 Å². The van der Waals surface area contributed by atoms with Crippen molar-refractivity contribution >= 4 is 0 Å². The van der Waals surface area contributed by atoms with Gasteiger partial charge in [-0.05, 0) is 62.3 Å². The number of hydrogen-bond acceptors (Lipinski definition) is 2. The normalized spacial score (nSPS) is 26.1. The van der Waals surface area contributed by atoms with Crippen LogP contribution in [-0.4, -0.2) is 16.1 Å². The highest BCUT2D eigenvalue weighted by Gasteiger charge is 2.66. The molecule has 0 atom stereocenters. The van der Waals surface area contributed by atoms with Crippen LogP contribution in [0.1, 0.15) is 62.9 Å². The van der Waals surface area contributed by atoms with Gasteiger partial charge in [0.25, 0.3) is 0 Å². The Morgan fingerprint density at radius 2 is 1.77 bits per heavy atom. The number of rotatable bonds is 3. The highest BCUT2D eigenvalue weighted by molar-refractivity contribution is 5.23. The largest absolute Gasteiger partial charge is 0.401 e. The summed E-state index contributed by atoms with van der Waals surface area (Å²) in [5.74, 6) is 0.592. The number of alkyl halides is 3. The van der Waals surface area contributed by atoms with E-state index in [1.54, 1.807) is 6.07 Å². The Morgan fingerprint density at radius 3 is 2.36 bits per heavy atom. The standard InChI is InChI=1S/C17H21F3N2/c18-17(19,20)16(6-7-16)14-21-8-3-13(22-14)9-12-10-15(11-12)4-1-2-5-15/h3,8,12H,1-2,4-7,9-11H2. The predicted molar refractivity (Wildman–Crippen MR) is 76.3 cm³/mol. The quantitative estimate of drug-likeness (QED) is 0.816. The van der Waals surface area contributed by atoms with Gasteiger partial charge in [-0.2, -0.15) is 13.2 Å². The van der Waals surface area contributed by atoms with E-state index in [2.05, 4.69) is 9.97 Å². The minimum absolute atomic E-state index is 0.00703. The van der Waals surface area contributed by atoms with Gasteiger partial charge in [-0.3, -0.25) is 0 Å². The molecule has 0 saturated heterocycles. The molecule has 120 valence electrons. The molecule has 4 rings (SSSR count). The lowest BCUT2D eigenvalue weighted by molar-refractivity contribution is -0.162. The smallest absolute Gasteiger partial charge is 0.240 e. The summed E-state index contributed by atoms with van der Waals surface area (Å²) in [4.78, 5) is 8.21. The van der Waals surface area contributed by atoms with Gasteiger partial charge in [0.1, 0.15) is 11.2 Å². The number of hydrogen-bond donors (Lipinski definition) is 0. The van der Waals surface area contributed by atoms with E-state index in [0.717, 1.165) is 12.1 Å². The predicted octanol–water partition coefficient (Wildman–Crippen LogP) is 4.58. The number of aromatic nitrogens is 2. The Bertz CT molecular complexity index is 564. The van der Waals surface area contributed by atoms with E-state index in [9.17, 15) is 13.2 Å². The average Bonchev–Trinajstić information content (AvgIpc) is 3.12. The Kier molecular flexibility index (Phi) is 3.08. The summed E-state index contributed by atoms with van der Waals surface area (Å²) < 4.78 is 39.5. The minimum atomic E-state index is -4.23. The van der Waals surface area contributed by atoms with E-state index in [1.807, 2.05) is 0 Å². The Hall–Kier alpha value is -1.13. The molecule has 3 saturated carbocycles. The molecule has 3 aliphatic rings. The van der Waals surface area contributed by atoms with Crippen LogP contribution in [0.4, 0.5) is 13.2 Å². The second kappa shape index (κ2) is 4.68. The van der Waals surface area contributed by atoms with E-state index in [1.165, 1.54) is 44.7 Å². The van der Waals surface area contributed by atoms with Gasteiger partial charge in [-0.1, -0.05) is 12.8 Å². The molecule has 22 heavy (non-hydrogen) atoms. The van der Waals surface area contributed by atoms with Crippen molar-refractivity contribution in [3.05, 3.63) is 23.8 Å². The molecule has 0 N–H and O–H groups in total. The second-order valence-corrected chi connectivity index (χ2v) is 7.64. The molecule has 3 fully saturated rings. The van der Waals surface area contributed by atoms with Crippen LogP contribution in [0, 0.1) is 11.3 Å². The van der Waals surface area contributed by atoms with Crippen molar-refractivity contribution in [2.75, 3.05) is 0 Å². The maximum Gasteiger partial charge on any atom is 0.401 e. The molecule has 0 bridgehead atoms. The fourth-order valence-corrected chi connectivity index (χ4v) is 4.64. The highest BCUT2D eigenvalue weighted by atomic mass is 19.4. The molecule has 0 aliphatic heterocycles. The summed E-state index contributed by atoms with van der Waals surface area (Å²) in [6.45, 7) is 0. The molecule has 1 aromatic rings. The lowest BCUT2D eigenvalue weighted by atomic mass is 9.60. The summed E-state index contributed by atoms with van der Waals surface area (Å²) in [6.07, 6.45) is 6.20. The van der Waals surface area contributed by atoms with Crippen LogP contribution in [-0.2, 0) is 11.8 Å². The molecule has 3 aliphatic carbocycles. The molecular weight excluding hydrogens is 289 g/mol. The summed E-state index contributed by atoms with van der Waals surface area (Å²) in [7, 11) is 0. The van der Waals surface area contributed by atoms with Crippen LogP contribution in [0.25, 0.3) is 0 Å². The van der Waals surface area contributed by atoms with Gasteiger partial charge < -0.3 is 0 Å². The zero-order valence-electron chi connectivity index (χ0n) is 12.6. The number of nitrogens with zero attached hydrogens (tertiary/aromatic N) is 2. The van der Waals surface area contributed by atoms with Gasteiger partial charge in [0.2, 0.25) is 0 Å². The molecule has 5 heteroatoms. The van der Waals surface area contributed by atoms with E-state index in [4.69, 9.17) is 0 Å². The first-order chi connectivity index (χ1) is 10.4. The summed E-state index contributed by atoms with van der Waals surface area (Å²) >= 11 is 0. The SMILES string of the molecule is FC(F)(F)C1(c2nccc(CC3CC4(CCCC4)C3)n2)CC1. The zero-order valence-corrected chi connectivity index (χ0v) is 12.6. The van der Waals surface area contributed by atoms with Crippen molar-refractivity contribution in [1.82, 2.24) is 9.97 Å². The summed E-state index contributed by atoms with van der Waals surface area (Å²) in [5.41, 5.74) is -0.391. The molecule has 0 unspecified atom stereocenters. The van der Waals surface area contributed by atoms with Crippen molar-refractivity contribution < 1.29 is 13.2 Å². The first kappa shape index (κ1) is 14.5. The van der Waals surface area contributed by atoms with E-state index in [0.29, 0.717) is 11.3 Å². The fraction of sp³-hybridized carbons (Fsp3) is 0.765. The average molecular weight is 310 g/mol. The Morgan fingerprint density at radius 1 is 1.09 bits per heavy atom. The van der Waals surface area contributed by atoms with Crippen molar-refractivity contribution in [3.8, 4) is 0 Å². The maximum absolute atomic E-state index is 13.2. The van der Waals surface area contributed by atoms with Gasteiger partial charge in [0.05, 0.1) is 0 Å². The Balaban J connectivity index is 1.45. The van der Waals surface area contributed by atoms with Crippen LogP contribution in [0.15, 0.2) is 12.3 Å². The van der Waals surface area contributed by atoms with Crippen molar-refractivity contribution in [1.29, 1.82) is 0 Å². The third-order valence-electron chi connectivity index (χ3n) is 6.04. The Labute approximate surface area is 128 Å². The first-order valence-corrected chi connectivity index (χ1v) is 8.32. The fourth-order valence-electron chi connectivity index (χ4n) is 4.64. The van der Waals surface area contributed by atoms with Gasteiger partial charge >= 0.3 is 6.18 Å². The molecule has 0 amide bonds. The second-order valence-electron chi connectivity index (χ2n) is 7.64. The molecule has 1 aromatic heterocycles. The monoisotopic (exact) mass is 310 g/mol. The summed E-state index contributed by atoms with van der Waals surface area (Å²) in [6, 6.07) is 1.79. The zero-order chi connectivity index (χ0) is 15.4. The topological polar surface area (TPSA) is 25.8 Å². The number of halogens is 3.